The molecule has 2 aromatic carbocycles. The molecule has 0 radical (unpaired) electrons. The predicted molar refractivity (Wildman–Crippen MR) is 120 cm³/mol. The highest BCUT2D eigenvalue weighted by Gasteiger charge is 2.39. The van der Waals surface area contributed by atoms with Crippen LogP contribution in [-0.2, 0) is 22.7 Å². The molecule has 0 saturated carbocycles. The van der Waals surface area contributed by atoms with Gasteiger partial charge < -0.3 is 14.7 Å². The summed E-state index contributed by atoms with van der Waals surface area (Å²) in [6, 6.07) is 10.1. The number of halogens is 2. The topological polar surface area (TPSA) is 117 Å². The van der Waals surface area contributed by atoms with E-state index >= 15 is 0 Å². The van der Waals surface area contributed by atoms with Crippen LogP contribution in [0.4, 0.5) is 6.01 Å². The number of nitrogens with one attached hydrogen (secondary N) is 2. The first-order valence-corrected chi connectivity index (χ1v) is 10.9. The Morgan fingerprint density at radius 3 is 2.70 bits per heavy atom. The van der Waals surface area contributed by atoms with Crippen LogP contribution in [0.3, 0.4) is 0 Å². The van der Waals surface area contributed by atoms with Gasteiger partial charge in [-0.25, -0.2) is 0 Å². The minimum absolute atomic E-state index is 0.197. The minimum atomic E-state index is -0.641. The molecule has 3 heterocycles. The molecular weight excluding hydrogens is 469 g/mol. The van der Waals surface area contributed by atoms with Gasteiger partial charge in [0, 0.05) is 25.1 Å². The maximum Gasteiger partial charge on any atom is 0.322 e. The van der Waals surface area contributed by atoms with Crippen molar-refractivity contribution in [3.05, 3.63) is 63.1 Å². The second-order valence-electron chi connectivity index (χ2n) is 7.76. The Bertz CT molecular complexity index is 1270. The predicted octanol–water partition coefficient (Wildman–Crippen LogP) is 3.42. The summed E-state index contributed by atoms with van der Waals surface area (Å²) in [5, 5.41) is 10.1. The van der Waals surface area contributed by atoms with Crippen LogP contribution in [0.15, 0.2) is 40.9 Å². The van der Waals surface area contributed by atoms with Crippen molar-refractivity contribution in [2.45, 2.75) is 32.0 Å². The lowest BCUT2D eigenvalue weighted by atomic mass is 10.0. The van der Waals surface area contributed by atoms with Crippen LogP contribution in [0.2, 0.25) is 10.0 Å². The normalized spacial score (nSPS) is 17.8. The molecule has 1 aromatic heterocycles. The number of amides is 3. The van der Waals surface area contributed by atoms with E-state index in [4.69, 9.17) is 27.7 Å². The molecule has 33 heavy (non-hydrogen) atoms. The average Bonchev–Trinajstić information content (AvgIpc) is 3.37. The van der Waals surface area contributed by atoms with E-state index in [0.29, 0.717) is 40.7 Å². The largest absolute Gasteiger partial charge is 0.334 e. The van der Waals surface area contributed by atoms with Gasteiger partial charge in [-0.3, -0.25) is 19.7 Å². The van der Waals surface area contributed by atoms with Crippen molar-refractivity contribution in [1.82, 2.24) is 20.4 Å². The van der Waals surface area contributed by atoms with Gasteiger partial charge in [-0.1, -0.05) is 46.6 Å². The molecule has 3 amide bonds. The fourth-order valence-electron chi connectivity index (χ4n) is 4.02. The van der Waals surface area contributed by atoms with E-state index in [9.17, 15) is 14.4 Å². The molecule has 9 nitrogen and oxygen atoms in total. The number of piperidine rings is 1. The maximum atomic E-state index is 12.8. The molecule has 2 N–H and O–H groups in total. The van der Waals surface area contributed by atoms with E-state index in [1.54, 1.807) is 24.3 Å². The lowest BCUT2D eigenvalue weighted by Crippen LogP contribution is -2.52. The van der Waals surface area contributed by atoms with Crippen LogP contribution < -0.4 is 10.6 Å². The lowest BCUT2D eigenvalue weighted by Gasteiger charge is -2.29. The highest BCUT2D eigenvalue weighted by Crippen LogP contribution is 2.33. The number of hydrogen-bond acceptors (Lipinski definition) is 7. The third-order valence-electron chi connectivity index (χ3n) is 5.64. The SMILES string of the molecule is O=C1CCC(N2Cc3cc(CNc4nc(-c5c(Cl)cccc5Cl)no4)ccc3C2=O)C(=O)N1. The lowest BCUT2D eigenvalue weighted by molar-refractivity contribution is -0.136. The molecule has 168 valence electrons. The molecule has 11 heteroatoms. The highest BCUT2D eigenvalue weighted by molar-refractivity contribution is 6.38. The number of rotatable bonds is 5. The van der Waals surface area contributed by atoms with E-state index in [0.717, 1.165) is 11.1 Å². The molecule has 0 spiro atoms. The number of benzene rings is 2. The summed E-state index contributed by atoms with van der Waals surface area (Å²) in [7, 11) is 0. The third-order valence-corrected chi connectivity index (χ3v) is 6.27. The number of nitrogens with zero attached hydrogens (tertiary/aromatic N) is 3. The standard InChI is InChI=1S/C22H17Cl2N5O4/c23-14-2-1-3-15(24)18(14)19-27-22(33-28-19)25-9-11-4-5-13-12(8-11)10-29(21(13)32)16-6-7-17(30)26-20(16)31/h1-5,8,16H,6-7,9-10H2,(H,25,27,28)(H,26,30,31). The number of anilines is 1. The molecule has 1 fully saturated rings. The zero-order valence-electron chi connectivity index (χ0n) is 17.1. The van der Waals surface area contributed by atoms with E-state index < -0.39 is 11.9 Å². The van der Waals surface area contributed by atoms with Gasteiger partial charge in [-0.05, 0) is 35.7 Å². The van der Waals surface area contributed by atoms with Gasteiger partial charge in [0.25, 0.3) is 5.91 Å². The van der Waals surface area contributed by atoms with E-state index in [2.05, 4.69) is 20.8 Å². The number of carbonyl (C=O) groups is 3. The van der Waals surface area contributed by atoms with Crippen LogP contribution in [0.5, 0.6) is 0 Å². The van der Waals surface area contributed by atoms with Gasteiger partial charge in [0.05, 0.1) is 15.6 Å². The Morgan fingerprint density at radius 2 is 1.94 bits per heavy atom. The Labute approximate surface area is 198 Å². The molecule has 2 aliphatic rings. The second kappa shape index (κ2) is 8.49. The van der Waals surface area contributed by atoms with E-state index in [-0.39, 0.29) is 30.1 Å². The van der Waals surface area contributed by atoms with Crippen molar-refractivity contribution in [1.29, 1.82) is 0 Å². The van der Waals surface area contributed by atoms with Gasteiger partial charge >= 0.3 is 6.01 Å². The first-order chi connectivity index (χ1) is 15.9. The van der Waals surface area contributed by atoms with Crippen molar-refractivity contribution >= 4 is 46.9 Å². The summed E-state index contributed by atoms with van der Waals surface area (Å²) in [6.45, 7) is 0.682. The van der Waals surface area contributed by atoms with E-state index in [1.807, 2.05) is 12.1 Å². The molecule has 0 bridgehead atoms. The molecule has 0 aliphatic carbocycles. The van der Waals surface area contributed by atoms with Gasteiger partial charge in [0.15, 0.2) is 0 Å². The number of imide groups is 1. The van der Waals surface area contributed by atoms with Gasteiger partial charge in [-0.15, -0.1) is 0 Å². The average molecular weight is 486 g/mol. The van der Waals surface area contributed by atoms with Crippen molar-refractivity contribution < 1.29 is 18.9 Å². The van der Waals surface area contributed by atoms with Crippen LogP contribution in [0.25, 0.3) is 11.4 Å². The summed E-state index contributed by atoms with van der Waals surface area (Å²) in [4.78, 5) is 42.2. The molecule has 1 saturated heterocycles. The minimum Gasteiger partial charge on any atom is -0.334 e. The van der Waals surface area contributed by atoms with Gasteiger partial charge in [0.1, 0.15) is 6.04 Å². The van der Waals surface area contributed by atoms with Crippen molar-refractivity contribution in [3.63, 3.8) is 0 Å². The van der Waals surface area contributed by atoms with Crippen LogP contribution >= 0.6 is 23.2 Å². The first-order valence-electron chi connectivity index (χ1n) is 10.2. The number of hydrogen-bond donors (Lipinski definition) is 2. The van der Waals surface area contributed by atoms with Crippen LogP contribution in [0, 0.1) is 0 Å². The Kier molecular flexibility index (Phi) is 5.51. The first kappa shape index (κ1) is 21.4. The highest BCUT2D eigenvalue weighted by atomic mass is 35.5. The Hall–Kier alpha value is -3.43. The number of fused-ring (bicyclic) bond motifs is 1. The number of carbonyl (C=O) groups excluding carboxylic acids is 3. The molecule has 3 aromatic rings. The summed E-state index contributed by atoms with van der Waals surface area (Å²) in [6.07, 6.45) is 0.547. The molecular formula is C22H17Cl2N5O4. The zero-order valence-corrected chi connectivity index (χ0v) is 18.6. The summed E-state index contributed by atoms with van der Waals surface area (Å²) >= 11 is 12.4. The Balaban J connectivity index is 1.27. The fourth-order valence-corrected chi connectivity index (χ4v) is 4.59. The smallest absolute Gasteiger partial charge is 0.322 e. The van der Waals surface area contributed by atoms with Crippen molar-refractivity contribution in [2.75, 3.05) is 5.32 Å². The molecule has 1 atom stereocenters. The summed E-state index contributed by atoms with van der Waals surface area (Å²) < 4.78 is 5.25. The van der Waals surface area contributed by atoms with E-state index in [1.165, 1.54) is 4.90 Å². The monoisotopic (exact) mass is 485 g/mol. The van der Waals surface area contributed by atoms with Gasteiger partial charge in [0.2, 0.25) is 17.6 Å². The second-order valence-corrected chi connectivity index (χ2v) is 8.58. The fraction of sp³-hybridized carbons (Fsp3) is 0.227. The molecule has 2 aliphatic heterocycles. The Morgan fingerprint density at radius 1 is 1.15 bits per heavy atom. The van der Waals surface area contributed by atoms with Crippen molar-refractivity contribution in [2.24, 2.45) is 0 Å². The molecule has 5 rings (SSSR count). The third kappa shape index (κ3) is 4.05. The van der Waals surface area contributed by atoms with Crippen LogP contribution in [-0.4, -0.2) is 38.8 Å². The van der Waals surface area contributed by atoms with Crippen molar-refractivity contribution in [3.8, 4) is 11.4 Å². The summed E-state index contributed by atoms with van der Waals surface area (Å²) in [5.41, 5.74) is 2.75. The van der Waals surface area contributed by atoms with Crippen LogP contribution in [0.1, 0.15) is 34.3 Å². The molecule has 1 unspecified atom stereocenters. The maximum absolute atomic E-state index is 12.8. The quantitative estimate of drug-likeness (QED) is 0.531. The summed E-state index contributed by atoms with van der Waals surface area (Å²) in [5.74, 6) is -0.681. The van der Waals surface area contributed by atoms with Gasteiger partial charge in [-0.2, -0.15) is 4.98 Å². The number of aromatic nitrogens is 2. The zero-order chi connectivity index (χ0) is 23.1.